The van der Waals surface area contributed by atoms with Crippen molar-refractivity contribution in [1.82, 2.24) is 4.90 Å². The average Bonchev–Trinajstić information content (AvgIpc) is 2.65. The Morgan fingerprint density at radius 3 is 2.50 bits per heavy atom. The molecule has 0 saturated heterocycles. The summed E-state index contributed by atoms with van der Waals surface area (Å²) in [5.41, 5.74) is 4.47. The van der Waals surface area contributed by atoms with Gasteiger partial charge in [-0.1, -0.05) is 42.5 Å². The van der Waals surface area contributed by atoms with Crippen LogP contribution in [0.1, 0.15) is 21.9 Å². The molecular formula is C18H21ClNS2-. The molecule has 118 valence electrons. The van der Waals surface area contributed by atoms with Crippen LogP contribution in [0.2, 0.25) is 0 Å². The first-order valence-corrected chi connectivity index (χ1v) is 9.35. The van der Waals surface area contributed by atoms with E-state index in [4.69, 9.17) is 0 Å². The van der Waals surface area contributed by atoms with Crippen molar-refractivity contribution >= 4 is 23.5 Å². The van der Waals surface area contributed by atoms with Crippen molar-refractivity contribution in [2.45, 2.75) is 15.9 Å². The second-order valence-corrected chi connectivity index (χ2v) is 7.81. The number of hydrogen-bond donors (Lipinski definition) is 0. The molecule has 0 radical (unpaired) electrons. The summed E-state index contributed by atoms with van der Waals surface area (Å²) in [5.74, 6) is 2.24. The summed E-state index contributed by atoms with van der Waals surface area (Å²) in [7, 11) is 4.29. The zero-order valence-electron chi connectivity index (χ0n) is 13.0. The SMILES string of the molecule is CN(C)CCSC1c2ccccc2CSc2ccccc21.[Cl-]. The number of benzene rings is 2. The Balaban J connectivity index is 0.00000176. The third-order valence-electron chi connectivity index (χ3n) is 3.75. The van der Waals surface area contributed by atoms with E-state index in [2.05, 4.69) is 79.3 Å². The summed E-state index contributed by atoms with van der Waals surface area (Å²) in [6, 6.07) is 17.8. The van der Waals surface area contributed by atoms with E-state index in [1.165, 1.54) is 21.6 Å². The molecule has 0 saturated carbocycles. The predicted octanol–water partition coefficient (Wildman–Crippen LogP) is 1.68. The van der Waals surface area contributed by atoms with Gasteiger partial charge in [-0.3, -0.25) is 0 Å². The second-order valence-electron chi connectivity index (χ2n) is 5.58. The van der Waals surface area contributed by atoms with Crippen LogP contribution in [0.25, 0.3) is 0 Å². The van der Waals surface area contributed by atoms with Crippen LogP contribution in [-0.4, -0.2) is 31.3 Å². The third kappa shape index (κ3) is 4.02. The highest BCUT2D eigenvalue weighted by atomic mass is 35.5. The molecule has 2 aromatic rings. The smallest absolute Gasteiger partial charge is 0.0561 e. The van der Waals surface area contributed by atoms with Gasteiger partial charge in [-0.25, -0.2) is 0 Å². The zero-order valence-corrected chi connectivity index (χ0v) is 15.3. The molecule has 22 heavy (non-hydrogen) atoms. The van der Waals surface area contributed by atoms with E-state index in [9.17, 15) is 0 Å². The lowest BCUT2D eigenvalue weighted by molar-refractivity contribution is -0.00000420. The first-order valence-electron chi connectivity index (χ1n) is 7.31. The molecule has 1 unspecified atom stereocenters. The Kier molecular flexibility index (Phi) is 6.69. The zero-order chi connectivity index (χ0) is 14.7. The number of fused-ring (bicyclic) bond motifs is 2. The molecule has 2 aromatic carbocycles. The summed E-state index contributed by atoms with van der Waals surface area (Å²) in [5, 5.41) is 0.465. The van der Waals surface area contributed by atoms with E-state index >= 15 is 0 Å². The maximum Gasteiger partial charge on any atom is 0.0561 e. The quantitative estimate of drug-likeness (QED) is 0.826. The second kappa shape index (κ2) is 8.30. The molecule has 0 amide bonds. The Hall–Kier alpha value is -0.610. The van der Waals surface area contributed by atoms with Crippen molar-refractivity contribution in [1.29, 1.82) is 0 Å². The minimum atomic E-state index is 0. The van der Waals surface area contributed by atoms with Crippen molar-refractivity contribution < 1.29 is 12.4 Å². The molecule has 1 nitrogen and oxygen atoms in total. The Bertz CT molecular complexity index is 568. The van der Waals surface area contributed by atoms with Gasteiger partial charge in [0, 0.05) is 22.9 Å². The Morgan fingerprint density at radius 2 is 1.73 bits per heavy atom. The fraction of sp³-hybridized carbons (Fsp3) is 0.333. The van der Waals surface area contributed by atoms with Gasteiger partial charge < -0.3 is 17.3 Å². The van der Waals surface area contributed by atoms with Crippen LogP contribution in [0.3, 0.4) is 0 Å². The minimum absolute atomic E-state index is 0. The van der Waals surface area contributed by atoms with Crippen molar-refractivity contribution in [2.24, 2.45) is 0 Å². The lowest BCUT2D eigenvalue weighted by atomic mass is 10.0. The largest absolute Gasteiger partial charge is 1.00 e. The maximum absolute atomic E-state index is 2.31. The maximum atomic E-state index is 2.31. The molecule has 0 spiro atoms. The van der Waals surface area contributed by atoms with Crippen LogP contribution in [0, 0.1) is 0 Å². The molecule has 1 heterocycles. The molecule has 0 fully saturated rings. The number of thioether (sulfide) groups is 2. The van der Waals surface area contributed by atoms with Gasteiger partial charge in [0.05, 0.1) is 5.25 Å². The van der Waals surface area contributed by atoms with Crippen LogP contribution in [0.4, 0.5) is 0 Å². The van der Waals surface area contributed by atoms with Crippen LogP contribution < -0.4 is 12.4 Å². The molecule has 0 bridgehead atoms. The van der Waals surface area contributed by atoms with Crippen molar-refractivity contribution in [2.75, 3.05) is 26.4 Å². The summed E-state index contributed by atoms with van der Waals surface area (Å²) in [6.07, 6.45) is 0. The molecule has 0 aromatic heterocycles. The number of hydrogen-bond acceptors (Lipinski definition) is 3. The molecule has 1 aliphatic rings. The van der Waals surface area contributed by atoms with E-state index < -0.39 is 0 Å². The highest BCUT2D eigenvalue weighted by Crippen LogP contribution is 2.45. The van der Waals surface area contributed by atoms with Gasteiger partial charge in [0.2, 0.25) is 0 Å². The first-order chi connectivity index (χ1) is 10.3. The average molecular weight is 351 g/mol. The van der Waals surface area contributed by atoms with Gasteiger partial charge in [0.15, 0.2) is 0 Å². The molecule has 3 rings (SSSR count). The number of rotatable bonds is 4. The van der Waals surface area contributed by atoms with Gasteiger partial charge in [-0.05, 0) is 36.9 Å². The van der Waals surface area contributed by atoms with Crippen molar-refractivity contribution in [3.8, 4) is 0 Å². The molecule has 4 heteroatoms. The molecule has 0 N–H and O–H groups in total. The van der Waals surface area contributed by atoms with Crippen LogP contribution in [0.15, 0.2) is 53.4 Å². The van der Waals surface area contributed by atoms with Crippen molar-refractivity contribution in [3.05, 3.63) is 65.2 Å². The Labute approximate surface area is 148 Å². The van der Waals surface area contributed by atoms with E-state index in [1.54, 1.807) is 0 Å². The summed E-state index contributed by atoms with van der Waals surface area (Å²) in [4.78, 5) is 3.70. The van der Waals surface area contributed by atoms with Gasteiger partial charge >= 0.3 is 0 Å². The van der Waals surface area contributed by atoms with E-state index in [0.29, 0.717) is 5.25 Å². The van der Waals surface area contributed by atoms with Gasteiger partial charge in [-0.2, -0.15) is 0 Å². The lowest BCUT2D eigenvalue weighted by Crippen LogP contribution is -3.00. The summed E-state index contributed by atoms with van der Waals surface area (Å²) < 4.78 is 0. The van der Waals surface area contributed by atoms with Gasteiger partial charge in [-0.15, -0.1) is 23.5 Å². The summed E-state index contributed by atoms with van der Waals surface area (Å²) in [6.45, 7) is 1.12. The topological polar surface area (TPSA) is 3.24 Å². The number of halogens is 1. The number of nitrogens with zero attached hydrogens (tertiary/aromatic N) is 1. The minimum Gasteiger partial charge on any atom is -1.00 e. The van der Waals surface area contributed by atoms with Crippen molar-refractivity contribution in [3.63, 3.8) is 0 Å². The third-order valence-corrected chi connectivity index (χ3v) is 6.14. The molecule has 1 atom stereocenters. The monoisotopic (exact) mass is 350 g/mol. The predicted molar refractivity (Wildman–Crippen MR) is 95.3 cm³/mol. The van der Waals surface area contributed by atoms with Gasteiger partial charge in [0.1, 0.15) is 0 Å². The summed E-state index contributed by atoms with van der Waals surface area (Å²) >= 11 is 4.04. The van der Waals surface area contributed by atoms with Crippen LogP contribution in [0.5, 0.6) is 0 Å². The lowest BCUT2D eigenvalue weighted by Gasteiger charge is -2.20. The highest BCUT2D eigenvalue weighted by Gasteiger charge is 2.23. The standard InChI is InChI=1S/C18H21NS2.ClH/c1-19(2)11-12-20-18-15-8-4-3-7-14(15)13-21-17-10-6-5-9-16(17)18;/h3-10,18H,11-13H2,1-2H3;1H/p-1. The van der Waals surface area contributed by atoms with Crippen LogP contribution >= 0.6 is 23.5 Å². The van der Waals surface area contributed by atoms with E-state index in [0.717, 1.165) is 18.1 Å². The Morgan fingerprint density at radius 1 is 1.05 bits per heavy atom. The fourth-order valence-electron chi connectivity index (χ4n) is 2.61. The van der Waals surface area contributed by atoms with Crippen LogP contribution in [-0.2, 0) is 5.75 Å². The molecular weight excluding hydrogens is 330 g/mol. The first kappa shape index (κ1) is 17.7. The van der Waals surface area contributed by atoms with Gasteiger partial charge in [0.25, 0.3) is 0 Å². The highest BCUT2D eigenvalue weighted by molar-refractivity contribution is 8.00. The fourth-order valence-corrected chi connectivity index (χ4v) is 5.28. The molecule has 0 aliphatic carbocycles. The molecule has 1 aliphatic heterocycles. The normalized spacial score (nSPS) is 16.4. The van der Waals surface area contributed by atoms with E-state index in [1.807, 2.05) is 11.8 Å². The van der Waals surface area contributed by atoms with E-state index in [-0.39, 0.29) is 12.4 Å².